The summed E-state index contributed by atoms with van der Waals surface area (Å²) in [6, 6.07) is 68.7. The molecule has 480 valence electrons. The fraction of sp³-hybridized carbons (Fsp3) is 0.387. The first kappa shape index (κ1) is 66.8. The van der Waals surface area contributed by atoms with Crippen LogP contribution in [0.4, 0.5) is 0 Å². The van der Waals surface area contributed by atoms with Crippen molar-refractivity contribution in [2.75, 3.05) is 13.2 Å². The van der Waals surface area contributed by atoms with Crippen LogP contribution in [0.2, 0.25) is 0 Å². The number of rotatable bonds is 33. The van der Waals surface area contributed by atoms with Gasteiger partial charge in [0, 0.05) is 6.42 Å². The first-order valence-electron chi connectivity index (χ1n) is 31.4. The van der Waals surface area contributed by atoms with E-state index in [0.717, 1.165) is 38.9 Å². The summed E-state index contributed by atoms with van der Waals surface area (Å²) in [6.07, 6.45) is -14.2. The molecule has 16 heteroatoms. The number of hydrogen-bond acceptors (Lipinski definition) is 16. The fourth-order valence-electron chi connectivity index (χ4n) is 11.4. The second kappa shape index (κ2) is 35.1. The van der Waals surface area contributed by atoms with E-state index >= 15 is 0 Å². The first-order valence-corrected chi connectivity index (χ1v) is 31.4. The van der Waals surface area contributed by atoms with Crippen LogP contribution in [0.25, 0.3) is 0 Å². The Hall–Kier alpha value is -7.10. The van der Waals surface area contributed by atoms with E-state index in [2.05, 4.69) is 6.58 Å². The third-order valence-electron chi connectivity index (χ3n) is 16.1. The summed E-state index contributed by atoms with van der Waals surface area (Å²) in [7, 11) is 0. The van der Waals surface area contributed by atoms with Gasteiger partial charge in [-0.1, -0.05) is 218 Å². The van der Waals surface area contributed by atoms with Crippen LogP contribution in [0.15, 0.2) is 225 Å². The average Bonchev–Trinajstić information content (AvgIpc) is 0.829. The molecule has 3 heterocycles. The predicted molar refractivity (Wildman–Crippen MR) is 339 cm³/mol. The second-order valence-corrected chi connectivity index (χ2v) is 23.0. The number of benzene rings is 7. The molecule has 15 atom stereocenters. The van der Waals surface area contributed by atoms with Crippen LogP contribution in [-0.4, -0.2) is 117 Å². The van der Waals surface area contributed by atoms with Crippen molar-refractivity contribution in [1.29, 1.82) is 0 Å². The van der Waals surface area contributed by atoms with Crippen LogP contribution in [0, 0.1) is 0 Å². The van der Waals surface area contributed by atoms with Crippen molar-refractivity contribution in [3.05, 3.63) is 264 Å². The molecule has 0 aliphatic carbocycles. The van der Waals surface area contributed by atoms with Crippen LogP contribution in [-0.2, 0) is 122 Å². The van der Waals surface area contributed by atoms with Crippen LogP contribution in [0.3, 0.4) is 0 Å². The molecule has 91 heavy (non-hydrogen) atoms. The number of ether oxygens (including phenoxy) is 14. The highest BCUT2D eigenvalue weighted by molar-refractivity contribution is 5.81. The Kier molecular flexibility index (Phi) is 25.8. The molecule has 3 aliphatic rings. The van der Waals surface area contributed by atoms with Crippen molar-refractivity contribution in [2.24, 2.45) is 0 Å². The molecule has 3 aliphatic heterocycles. The Labute approximate surface area is 534 Å². The van der Waals surface area contributed by atoms with E-state index in [1.807, 2.05) is 226 Å². The van der Waals surface area contributed by atoms with E-state index in [9.17, 15) is 9.59 Å². The summed E-state index contributed by atoms with van der Waals surface area (Å²) in [5.41, 5.74) is 6.37. The SMILES string of the molecule is C=CCO[C@@H]1O[C@@H](C)[C@H](OCc2ccccc2)[C@@H](OCc2ccccc2)[C@H]1O[C@@H]1O[C@@H](C)[C@H](OCc2ccccc2)[C@@H](O[C@H]2O[C@H](COCc3ccccc3)[C@@H](OCc3ccccc3)[C@H](OCc3ccccc3)[C@H]2OCc2ccccc2)[C@H]1OC(=O)CCC(C)=O. The lowest BCUT2D eigenvalue weighted by molar-refractivity contribution is -0.392. The Morgan fingerprint density at radius 3 is 1.13 bits per heavy atom. The molecular formula is C75H84O16. The van der Waals surface area contributed by atoms with Gasteiger partial charge in [0.15, 0.2) is 25.0 Å². The molecule has 3 fully saturated rings. The van der Waals surface area contributed by atoms with Crippen molar-refractivity contribution in [1.82, 2.24) is 0 Å². The summed E-state index contributed by atoms with van der Waals surface area (Å²) in [5, 5.41) is 0. The number of carbonyl (C=O) groups is 2. The number of carbonyl (C=O) groups excluding carboxylic acids is 2. The van der Waals surface area contributed by atoms with Gasteiger partial charge in [0.25, 0.3) is 0 Å². The third kappa shape index (κ3) is 19.7. The van der Waals surface area contributed by atoms with E-state index in [-0.39, 0.29) is 78.1 Å². The van der Waals surface area contributed by atoms with Gasteiger partial charge < -0.3 is 71.1 Å². The number of ketones is 1. The van der Waals surface area contributed by atoms with Crippen molar-refractivity contribution in [3.63, 3.8) is 0 Å². The minimum atomic E-state index is -1.46. The maximum atomic E-state index is 14.6. The molecule has 0 amide bonds. The fourth-order valence-corrected chi connectivity index (χ4v) is 11.4. The highest BCUT2D eigenvalue weighted by Gasteiger charge is 2.57. The molecule has 3 saturated heterocycles. The Morgan fingerprint density at radius 1 is 0.374 bits per heavy atom. The first-order chi connectivity index (χ1) is 44.6. The van der Waals surface area contributed by atoms with Crippen molar-refractivity contribution < 1.29 is 75.9 Å². The lowest BCUT2D eigenvalue weighted by Crippen LogP contribution is -2.67. The Bertz CT molecular complexity index is 3210. The summed E-state index contributed by atoms with van der Waals surface area (Å²) in [4.78, 5) is 27.2. The van der Waals surface area contributed by atoms with E-state index in [1.165, 1.54) is 6.92 Å². The normalized spacial score (nSPS) is 26.6. The molecule has 7 aromatic carbocycles. The third-order valence-corrected chi connectivity index (χ3v) is 16.1. The number of hydrogen-bond donors (Lipinski definition) is 0. The average molecular weight is 1240 g/mol. The van der Waals surface area contributed by atoms with Gasteiger partial charge in [-0.15, -0.1) is 6.58 Å². The van der Waals surface area contributed by atoms with Crippen molar-refractivity contribution in [3.8, 4) is 0 Å². The highest BCUT2D eigenvalue weighted by atomic mass is 16.8. The lowest BCUT2D eigenvalue weighted by Gasteiger charge is -2.51. The van der Waals surface area contributed by atoms with Crippen LogP contribution in [0.5, 0.6) is 0 Å². The van der Waals surface area contributed by atoms with E-state index in [1.54, 1.807) is 6.08 Å². The van der Waals surface area contributed by atoms with Gasteiger partial charge in [0.2, 0.25) is 0 Å². The molecule has 7 aromatic rings. The largest absolute Gasteiger partial charge is 0.454 e. The van der Waals surface area contributed by atoms with Crippen LogP contribution >= 0.6 is 0 Å². The van der Waals surface area contributed by atoms with Gasteiger partial charge in [-0.2, -0.15) is 0 Å². The zero-order valence-electron chi connectivity index (χ0n) is 52.0. The maximum absolute atomic E-state index is 14.6. The molecule has 10 rings (SSSR count). The van der Waals surface area contributed by atoms with Gasteiger partial charge in [0.1, 0.15) is 60.7 Å². The van der Waals surface area contributed by atoms with Crippen molar-refractivity contribution in [2.45, 2.75) is 172 Å². The van der Waals surface area contributed by atoms with Crippen LogP contribution in [0.1, 0.15) is 72.6 Å². The molecule has 16 nitrogen and oxygen atoms in total. The van der Waals surface area contributed by atoms with E-state index < -0.39 is 98.1 Å². The van der Waals surface area contributed by atoms with Gasteiger partial charge in [-0.3, -0.25) is 4.79 Å². The monoisotopic (exact) mass is 1240 g/mol. The lowest BCUT2D eigenvalue weighted by atomic mass is 9.95. The quantitative estimate of drug-likeness (QED) is 0.0282. The molecule has 0 spiro atoms. The maximum Gasteiger partial charge on any atom is 0.306 e. The summed E-state index contributed by atoms with van der Waals surface area (Å²) < 4.78 is 97.8. The van der Waals surface area contributed by atoms with Crippen LogP contribution < -0.4 is 0 Å². The molecule has 0 aromatic heterocycles. The van der Waals surface area contributed by atoms with Crippen molar-refractivity contribution >= 4 is 11.8 Å². The second-order valence-electron chi connectivity index (χ2n) is 23.0. The predicted octanol–water partition coefficient (Wildman–Crippen LogP) is 12.2. The zero-order valence-corrected chi connectivity index (χ0v) is 52.0. The molecule has 0 N–H and O–H groups in total. The Morgan fingerprint density at radius 2 is 0.714 bits per heavy atom. The molecule has 0 saturated carbocycles. The zero-order chi connectivity index (χ0) is 63.0. The van der Waals surface area contributed by atoms with E-state index in [0.29, 0.717) is 0 Å². The minimum Gasteiger partial charge on any atom is -0.454 e. The standard InChI is InChI=1S/C75H84O16/c1-5-43-79-73-71(67(83-48-59-35-21-10-22-36-59)64(53(3)86-73)80-45-56-29-15-7-16-30-56)91-75-72(89-63(77)42-41-52(2)76)69(65(54(4)87-75)81-46-57-31-17-8-18-32-57)90-74-70(85-50-61-39-25-12-26-40-61)68(84-49-60-37-23-11-24-38-60)66(82-47-58-33-19-9-20-34-58)62(88-74)51-78-44-55-27-13-6-14-28-55/h5-40,53-54,62,64-75H,1,41-51H2,2-4H3/t53-,54-,62+,64-,65-,66+,67+,68-,69+,70+,71+,72+,73+,74+,75-/m0/s1. The van der Waals surface area contributed by atoms with Gasteiger partial charge >= 0.3 is 5.97 Å². The van der Waals surface area contributed by atoms with Gasteiger partial charge in [-0.25, -0.2) is 0 Å². The smallest absolute Gasteiger partial charge is 0.306 e. The molecule has 0 unspecified atom stereocenters. The molecule has 0 bridgehead atoms. The summed E-state index contributed by atoms with van der Waals surface area (Å²) in [6.45, 7) is 10.5. The van der Waals surface area contributed by atoms with Gasteiger partial charge in [0.05, 0.1) is 78.1 Å². The topological polar surface area (TPSA) is 163 Å². The van der Waals surface area contributed by atoms with Gasteiger partial charge in [-0.05, 0) is 59.7 Å². The Balaban J connectivity index is 1.08. The summed E-state index contributed by atoms with van der Waals surface area (Å²) in [5.74, 6) is -0.922. The number of Topliss-reactive ketones (excluding diaryl/α,β-unsaturated/α-hetero) is 1. The van der Waals surface area contributed by atoms with E-state index in [4.69, 9.17) is 66.3 Å². The molecule has 0 radical (unpaired) electrons. The molecular weight excluding hydrogens is 1160 g/mol. The summed E-state index contributed by atoms with van der Waals surface area (Å²) >= 11 is 0. The number of esters is 1. The minimum absolute atomic E-state index is 0.0300. The highest BCUT2D eigenvalue weighted by Crippen LogP contribution is 2.39.